The Balaban J connectivity index is 0. The number of hydrogen-bond acceptors (Lipinski definition) is 8. The van der Waals surface area contributed by atoms with Crippen LogP contribution in [0.25, 0.3) is 0 Å². The van der Waals surface area contributed by atoms with Gasteiger partial charge >= 0.3 is 5.97 Å². The van der Waals surface area contributed by atoms with Crippen molar-refractivity contribution in [2.24, 2.45) is 0 Å². The Morgan fingerprint density at radius 1 is 0.400 bits per heavy atom. The molecule has 0 aliphatic rings. The van der Waals surface area contributed by atoms with E-state index in [-0.39, 0.29) is 5.97 Å². The lowest BCUT2D eigenvalue weighted by molar-refractivity contribution is -0.144. The fourth-order valence-electron chi connectivity index (χ4n) is 8.58. The van der Waals surface area contributed by atoms with Crippen molar-refractivity contribution < 1.29 is 19.1 Å². The Kier molecular flexibility index (Phi) is 57.2. The summed E-state index contributed by atoms with van der Waals surface area (Å²) >= 11 is 0. The van der Waals surface area contributed by atoms with Crippen LogP contribution in [0.1, 0.15) is 253 Å². The van der Waals surface area contributed by atoms with E-state index < -0.39 is 0 Å². The number of aldehydes is 1. The zero-order valence-corrected chi connectivity index (χ0v) is 44.8. The van der Waals surface area contributed by atoms with E-state index in [1.54, 1.807) is 0 Å². The topological polar surface area (TPSA) is 85.4 Å². The van der Waals surface area contributed by atoms with Crippen LogP contribution in [-0.4, -0.2) is 130 Å². The van der Waals surface area contributed by atoms with Crippen LogP contribution < -0.4 is 5.32 Å². The van der Waals surface area contributed by atoms with E-state index in [1.165, 1.54) is 193 Å². The summed E-state index contributed by atoms with van der Waals surface area (Å²) < 4.78 is 5.41. The third-order valence-electron chi connectivity index (χ3n) is 13.0. The Bertz CT molecular complexity index is 924. The number of hydrogen-bond donors (Lipinski definition) is 1. The highest BCUT2D eigenvalue weighted by atomic mass is 16.5. The maximum atomic E-state index is 11.8. The molecule has 0 rings (SSSR count). The second-order valence-electron chi connectivity index (χ2n) is 19.4. The van der Waals surface area contributed by atoms with Gasteiger partial charge in [0, 0.05) is 39.1 Å². The Labute approximate surface area is 406 Å². The number of nitrogens with one attached hydrogen (secondary N) is 1. The highest BCUT2D eigenvalue weighted by Crippen LogP contribution is 2.13. The lowest BCUT2D eigenvalue weighted by atomic mass is 10.1. The standard InChI is InChI=1S/C31H64N2O.C25H51N3O3/c1-4-7-10-13-16-19-22-25-32(26-23-20-17-14-11-8-5-2)28-29-33(30-31-34)27-24-21-18-15-12-9-6-3;1-4-6-8-9-10-11-13-19-28(20-14-18-27(3)22-17-26-24-29)21-15-23-31-25(30)16-12-7-5-2/h31H,4-30H2,1-3H3;24H,4-23H2,1-3H3,(H,26,29). The van der Waals surface area contributed by atoms with Crippen LogP contribution in [0.2, 0.25) is 0 Å². The third-order valence-corrected chi connectivity index (χ3v) is 13.0. The molecule has 0 radical (unpaired) electrons. The lowest BCUT2D eigenvalue weighted by Crippen LogP contribution is -2.37. The van der Waals surface area contributed by atoms with Crippen LogP contribution in [0.3, 0.4) is 0 Å². The van der Waals surface area contributed by atoms with Crippen LogP contribution in [-0.2, 0) is 19.1 Å². The first-order valence-electron chi connectivity index (χ1n) is 28.5. The van der Waals surface area contributed by atoms with Gasteiger partial charge in [0.05, 0.1) is 13.2 Å². The SMILES string of the molecule is CCCCCCCCCN(CC=O)CCN(CCCCCCCCC)CCCCCCCCC.CCCCCCCCCN(CCCOC(=O)CCCCC)CCCN(C)CCNC=O. The molecule has 388 valence electrons. The Morgan fingerprint density at radius 2 is 0.754 bits per heavy atom. The van der Waals surface area contributed by atoms with Gasteiger partial charge in [-0.2, -0.15) is 0 Å². The summed E-state index contributed by atoms with van der Waals surface area (Å²) in [6.07, 6.45) is 45.7. The van der Waals surface area contributed by atoms with Gasteiger partial charge in [0.1, 0.15) is 6.29 Å². The molecule has 0 aliphatic carbocycles. The van der Waals surface area contributed by atoms with Crippen molar-refractivity contribution in [3.8, 4) is 0 Å². The summed E-state index contributed by atoms with van der Waals surface area (Å²) in [6, 6.07) is 0. The summed E-state index contributed by atoms with van der Waals surface area (Å²) in [6.45, 7) is 24.0. The molecule has 0 aromatic carbocycles. The number of esters is 1. The van der Waals surface area contributed by atoms with E-state index in [4.69, 9.17) is 4.74 Å². The number of carbonyl (C=O) groups is 3. The van der Waals surface area contributed by atoms with Gasteiger partial charge in [0.2, 0.25) is 6.41 Å². The lowest BCUT2D eigenvalue weighted by Gasteiger charge is -2.27. The maximum Gasteiger partial charge on any atom is 0.305 e. The van der Waals surface area contributed by atoms with E-state index >= 15 is 0 Å². The molecule has 0 unspecified atom stereocenters. The molecule has 0 heterocycles. The van der Waals surface area contributed by atoms with Gasteiger partial charge in [-0.15, -0.1) is 0 Å². The molecule has 1 amide bonds. The summed E-state index contributed by atoms with van der Waals surface area (Å²) in [5.74, 6) is -0.0439. The minimum absolute atomic E-state index is 0.0439. The van der Waals surface area contributed by atoms with Crippen LogP contribution in [0.5, 0.6) is 0 Å². The summed E-state index contributed by atoms with van der Waals surface area (Å²) in [5, 5.41) is 2.72. The molecule has 65 heavy (non-hydrogen) atoms. The highest BCUT2D eigenvalue weighted by Gasteiger charge is 2.11. The molecule has 0 spiro atoms. The summed E-state index contributed by atoms with van der Waals surface area (Å²) in [5.41, 5.74) is 0. The molecule has 0 fully saturated rings. The molecule has 1 N–H and O–H groups in total. The van der Waals surface area contributed by atoms with Crippen molar-refractivity contribution in [2.75, 3.05) is 92.2 Å². The van der Waals surface area contributed by atoms with Crippen molar-refractivity contribution in [3.63, 3.8) is 0 Å². The van der Waals surface area contributed by atoms with Crippen LogP contribution >= 0.6 is 0 Å². The van der Waals surface area contributed by atoms with Crippen molar-refractivity contribution >= 4 is 18.7 Å². The molecule has 0 saturated carbocycles. The first-order chi connectivity index (χ1) is 31.9. The van der Waals surface area contributed by atoms with E-state index in [2.05, 4.69) is 66.6 Å². The summed E-state index contributed by atoms with van der Waals surface area (Å²) in [4.78, 5) is 43.3. The summed E-state index contributed by atoms with van der Waals surface area (Å²) in [7, 11) is 2.10. The molecule has 0 bridgehead atoms. The van der Waals surface area contributed by atoms with Gasteiger partial charge in [-0.25, -0.2) is 0 Å². The first kappa shape index (κ1) is 65.5. The molecule has 9 heteroatoms. The van der Waals surface area contributed by atoms with Crippen molar-refractivity contribution in [1.29, 1.82) is 0 Å². The fourth-order valence-corrected chi connectivity index (χ4v) is 8.58. The van der Waals surface area contributed by atoms with Gasteiger partial charge in [-0.3, -0.25) is 14.5 Å². The van der Waals surface area contributed by atoms with E-state index in [9.17, 15) is 14.4 Å². The zero-order valence-electron chi connectivity index (χ0n) is 44.8. The van der Waals surface area contributed by atoms with Gasteiger partial charge in [-0.1, -0.05) is 202 Å². The average molecular weight is 923 g/mol. The minimum atomic E-state index is -0.0439. The van der Waals surface area contributed by atoms with E-state index in [0.29, 0.717) is 26.1 Å². The predicted octanol–water partition coefficient (Wildman–Crippen LogP) is 13.7. The monoisotopic (exact) mass is 922 g/mol. The van der Waals surface area contributed by atoms with E-state index in [0.717, 1.165) is 97.2 Å². The largest absolute Gasteiger partial charge is 0.466 e. The van der Waals surface area contributed by atoms with Crippen LogP contribution in [0, 0.1) is 0 Å². The number of ether oxygens (including phenoxy) is 1. The normalized spacial score (nSPS) is 11.5. The number of amides is 1. The van der Waals surface area contributed by atoms with Gasteiger partial charge in [0.15, 0.2) is 0 Å². The molecule has 0 aliphatic heterocycles. The molecular formula is C56H115N5O4. The Morgan fingerprint density at radius 3 is 1.18 bits per heavy atom. The highest BCUT2D eigenvalue weighted by molar-refractivity contribution is 5.69. The minimum Gasteiger partial charge on any atom is -0.466 e. The number of carbonyl (C=O) groups excluding carboxylic acids is 3. The van der Waals surface area contributed by atoms with Gasteiger partial charge < -0.3 is 29.5 Å². The van der Waals surface area contributed by atoms with Gasteiger partial charge in [0.25, 0.3) is 0 Å². The predicted molar refractivity (Wildman–Crippen MR) is 283 cm³/mol. The van der Waals surface area contributed by atoms with Gasteiger partial charge in [-0.05, 0) is 91.3 Å². The molecular weight excluding hydrogens is 807 g/mol. The zero-order chi connectivity index (χ0) is 47.9. The molecule has 9 nitrogen and oxygen atoms in total. The van der Waals surface area contributed by atoms with Crippen molar-refractivity contribution in [3.05, 3.63) is 0 Å². The Hall–Kier alpha value is -1.55. The second-order valence-corrected chi connectivity index (χ2v) is 19.4. The molecule has 0 aromatic rings. The smallest absolute Gasteiger partial charge is 0.305 e. The quantitative estimate of drug-likeness (QED) is 0.0367. The van der Waals surface area contributed by atoms with Crippen molar-refractivity contribution in [2.45, 2.75) is 253 Å². The number of nitrogens with zero attached hydrogens (tertiary/aromatic N) is 4. The first-order valence-corrected chi connectivity index (χ1v) is 28.5. The second kappa shape index (κ2) is 56.8. The maximum absolute atomic E-state index is 11.8. The van der Waals surface area contributed by atoms with Crippen LogP contribution in [0.15, 0.2) is 0 Å². The third kappa shape index (κ3) is 53.3. The number of unbranched alkanes of at least 4 members (excludes halogenated alkanes) is 26. The average Bonchev–Trinajstić information content (AvgIpc) is 3.30. The number of rotatable bonds is 53. The molecule has 0 aromatic heterocycles. The molecule has 0 atom stereocenters. The van der Waals surface area contributed by atoms with E-state index in [1.807, 2.05) is 0 Å². The fraction of sp³-hybridized carbons (Fsp3) is 0.946. The molecule has 0 saturated heterocycles. The number of likely N-dealkylation sites (N-methyl/N-ethyl adjacent to an activating group) is 1. The van der Waals surface area contributed by atoms with Crippen molar-refractivity contribution in [1.82, 2.24) is 24.9 Å². The van der Waals surface area contributed by atoms with Crippen LogP contribution in [0.4, 0.5) is 0 Å².